The van der Waals surface area contributed by atoms with Gasteiger partial charge in [0, 0.05) is 6.42 Å². The van der Waals surface area contributed by atoms with Crippen LogP contribution in [0.15, 0.2) is 0 Å². The predicted molar refractivity (Wildman–Crippen MR) is 204 cm³/mol. The molecule has 0 spiro atoms. The van der Waals surface area contributed by atoms with Crippen LogP contribution in [-0.2, 0) is 23.8 Å². The number of aliphatic hydroxyl groups excluding tert-OH is 1. The maximum atomic E-state index is 12.2. The molecule has 9 heteroatoms. The SMILES string of the molecule is CCCCCCCCCCCCCCCCCC(=O)OC(CO)COC[C@H](NC(=O)OCCCCCCCCCCCCCCCC)C(=O)O. The van der Waals surface area contributed by atoms with Crippen LogP contribution in [0.5, 0.6) is 0 Å². The van der Waals surface area contributed by atoms with Crippen LogP contribution in [0.4, 0.5) is 4.79 Å². The number of ether oxygens (including phenoxy) is 3. The van der Waals surface area contributed by atoms with E-state index in [9.17, 15) is 24.6 Å². The van der Waals surface area contributed by atoms with Crippen LogP contribution < -0.4 is 5.32 Å². The molecule has 0 aromatic rings. The van der Waals surface area contributed by atoms with Crippen molar-refractivity contribution in [1.29, 1.82) is 0 Å². The van der Waals surface area contributed by atoms with Gasteiger partial charge in [0.05, 0.1) is 26.4 Å². The summed E-state index contributed by atoms with van der Waals surface area (Å²) >= 11 is 0. The van der Waals surface area contributed by atoms with E-state index in [-0.39, 0.29) is 26.2 Å². The summed E-state index contributed by atoms with van der Waals surface area (Å²) in [4.78, 5) is 35.9. The fraction of sp³-hybridized carbons (Fsp3) is 0.927. The summed E-state index contributed by atoms with van der Waals surface area (Å²) in [7, 11) is 0. The molecule has 0 saturated carbocycles. The van der Waals surface area contributed by atoms with Crippen LogP contribution in [0.2, 0.25) is 0 Å². The minimum absolute atomic E-state index is 0.166. The van der Waals surface area contributed by atoms with Crippen LogP contribution >= 0.6 is 0 Å². The van der Waals surface area contributed by atoms with Gasteiger partial charge in [0.15, 0.2) is 6.04 Å². The number of carboxylic acid groups (broad SMARTS) is 1. The van der Waals surface area contributed by atoms with E-state index in [1.165, 1.54) is 148 Å². The number of carbonyl (C=O) groups is 3. The van der Waals surface area contributed by atoms with E-state index in [0.717, 1.165) is 38.5 Å². The van der Waals surface area contributed by atoms with Crippen molar-refractivity contribution in [2.45, 2.75) is 219 Å². The van der Waals surface area contributed by atoms with Crippen LogP contribution in [0.3, 0.4) is 0 Å². The molecule has 0 aliphatic heterocycles. The number of amides is 1. The molecule has 3 N–H and O–H groups in total. The van der Waals surface area contributed by atoms with E-state index in [4.69, 9.17) is 14.2 Å². The number of carbonyl (C=O) groups excluding carboxylic acids is 2. The molecule has 2 atom stereocenters. The molecule has 0 fully saturated rings. The average molecular weight is 714 g/mol. The van der Waals surface area contributed by atoms with Gasteiger partial charge >= 0.3 is 18.0 Å². The number of aliphatic carboxylic acids is 1. The van der Waals surface area contributed by atoms with Crippen LogP contribution in [0.25, 0.3) is 0 Å². The number of rotatable bonds is 39. The normalized spacial score (nSPS) is 12.5. The Balaban J connectivity index is 3.79. The topological polar surface area (TPSA) is 131 Å². The molecule has 0 aliphatic rings. The van der Waals surface area contributed by atoms with E-state index >= 15 is 0 Å². The molecule has 0 saturated heterocycles. The molecule has 0 heterocycles. The number of carboxylic acids is 1. The first-order valence-electron chi connectivity index (χ1n) is 21.0. The molecule has 0 aromatic heterocycles. The first kappa shape index (κ1) is 48.1. The lowest BCUT2D eigenvalue weighted by Gasteiger charge is -2.18. The van der Waals surface area contributed by atoms with Gasteiger partial charge in [0.25, 0.3) is 0 Å². The zero-order valence-electron chi connectivity index (χ0n) is 32.5. The minimum atomic E-state index is -1.31. The Hall–Kier alpha value is -1.87. The molecular formula is C41H79NO8. The molecule has 0 aliphatic carbocycles. The number of hydrogen-bond donors (Lipinski definition) is 3. The van der Waals surface area contributed by atoms with E-state index < -0.39 is 36.8 Å². The van der Waals surface area contributed by atoms with Crippen molar-refractivity contribution in [1.82, 2.24) is 5.32 Å². The lowest BCUT2D eigenvalue weighted by atomic mass is 10.0. The fourth-order valence-electron chi connectivity index (χ4n) is 6.15. The predicted octanol–water partition coefficient (Wildman–Crippen LogP) is 10.8. The summed E-state index contributed by atoms with van der Waals surface area (Å²) in [6.07, 6.45) is 34.7. The molecule has 0 bridgehead atoms. The van der Waals surface area contributed by atoms with Gasteiger partial charge in [0.1, 0.15) is 6.10 Å². The third-order valence-electron chi connectivity index (χ3n) is 9.40. The van der Waals surface area contributed by atoms with Crippen molar-refractivity contribution in [2.75, 3.05) is 26.4 Å². The Morgan fingerprint density at radius 3 is 1.30 bits per heavy atom. The number of alkyl carbamates (subject to hydrolysis) is 1. The Morgan fingerprint density at radius 1 is 0.540 bits per heavy atom. The molecule has 9 nitrogen and oxygen atoms in total. The standard InChI is InChI=1S/C41H79NO8/c1-3-5-7-9-11-13-15-17-19-20-22-24-26-28-30-32-39(44)50-37(34-43)35-48-36-38(40(45)46)42-41(47)49-33-31-29-27-25-23-21-18-16-14-12-10-8-6-4-2/h37-38,43H,3-36H2,1-2H3,(H,42,47)(H,45,46)/t37?,38-/m0/s1. The Kier molecular flexibility index (Phi) is 36.9. The van der Waals surface area contributed by atoms with Gasteiger partial charge in [-0.05, 0) is 12.8 Å². The molecule has 0 aromatic carbocycles. The maximum Gasteiger partial charge on any atom is 0.407 e. The van der Waals surface area contributed by atoms with Crippen molar-refractivity contribution in [3.05, 3.63) is 0 Å². The second-order valence-electron chi connectivity index (χ2n) is 14.3. The minimum Gasteiger partial charge on any atom is -0.480 e. The molecule has 1 amide bonds. The largest absolute Gasteiger partial charge is 0.480 e. The Bertz CT molecular complexity index is 765. The van der Waals surface area contributed by atoms with Gasteiger partial charge in [-0.15, -0.1) is 0 Å². The summed E-state index contributed by atoms with van der Waals surface area (Å²) in [5.74, 6) is -1.66. The Labute approximate surface area is 306 Å². The second kappa shape index (κ2) is 38.4. The van der Waals surface area contributed by atoms with Gasteiger partial charge < -0.3 is 29.7 Å². The summed E-state index contributed by atoms with van der Waals surface area (Å²) in [6.45, 7) is 3.80. The highest BCUT2D eigenvalue weighted by molar-refractivity contribution is 5.80. The number of nitrogens with one attached hydrogen (secondary N) is 1. The molecule has 50 heavy (non-hydrogen) atoms. The molecule has 1 unspecified atom stereocenters. The van der Waals surface area contributed by atoms with Crippen molar-refractivity contribution in [3.8, 4) is 0 Å². The first-order chi connectivity index (χ1) is 24.4. The highest BCUT2D eigenvalue weighted by Crippen LogP contribution is 2.15. The summed E-state index contributed by atoms with van der Waals surface area (Å²) in [5.41, 5.74) is 0. The summed E-state index contributed by atoms with van der Waals surface area (Å²) < 4.78 is 15.8. The van der Waals surface area contributed by atoms with Crippen LogP contribution in [0.1, 0.15) is 206 Å². The van der Waals surface area contributed by atoms with Gasteiger partial charge in [-0.2, -0.15) is 0 Å². The van der Waals surface area contributed by atoms with Crippen LogP contribution in [0, 0.1) is 0 Å². The van der Waals surface area contributed by atoms with Crippen LogP contribution in [-0.4, -0.2) is 66.8 Å². The van der Waals surface area contributed by atoms with Gasteiger partial charge in [-0.3, -0.25) is 4.79 Å². The summed E-state index contributed by atoms with van der Waals surface area (Å²) in [5, 5.41) is 21.4. The molecule has 0 radical (unpaired) electrons. The highest BCUT2D eigenvalue weighted by Gasteiger charge is 2.22. The van der Waals surface area contributed by atoms with Crippen molar-refractivity contribution in [2.24, 2.45) is 0 Å². The summed E-state index contributed by atoms with van der Waals surface area (Å²) in [6, 6.07) is -1.31. The number of unbranched alkanes of at least 4 members (excludes halogenated alkanes) is 27. The fourth-order valence-corrected chi connectivity index (χ4v) is 6.15. The van der Waals surface area contributed by atoms with Crippen molar-refractivity contribution in [3.63, 3.8) is 0 Å². The van der Waals surface area contributed by atoms with E-state index in [2.05, 4.69) is 19.2 Å². The van der Waals surface area contributed by atoms with Gasteiger partial charge in [-0.1, -0.05) is 187 Å². The van der Waals surface area contributed by atoms with Crippen molar-refractivity contribution >= 4 is 18.0 Å². The first-order valence-corrected chi connectivity index (χ1v) is 21.0. The van der Waals surface area contributed by atoms with Gasteiger partial charge in [-0.25, -0.2) is 9.59 Å². The molecule has 0 rings (SSSR count). The Morgan fingerprint density at radius 2 is 0.920 bits per heavy atom. The smallest absolute Gasteiger partial charge is 0.407 e. The highest BCUT2D eigenvalue weighted by atomic mass is 16.6. The monoisotopic (exact) mass is 714 g/mol. The van der Waals surface area contributed by atoms with Gasteiger partial charge in [0.2, 0.25) is 0 Å². The lowest BCUT2D eigenvalue weighted by Crippen LogP contribution is -2.45. The third kappa shape index (κ3) is 34.6. The molecular weight excluding hydrogens is 634 g/mol. The zero-order valence-corrected chi connectivity index (χ0v) is 32.5. The van der Waals surface area contributed by atoms with E-state index in [1.54, 1.807) is 0 Å². The quantitative estimate of drug-likeness (QED) is 0.0424. The lowest BCUT2D eigenvalue weighted by molar-refractivity contribution is -0.156. The number of aliphatic hydroxyl groups is 1. The van der Waals surface area contributed by atoms with E-state index in [1.807, 2.05) is 0 Å². The maximum absolute atomic E-state index is 12.2. The average Bonchev–Trinajstić information content (AvgIpc) is 3.10. The number of esters is 1. The van der Waals surface area contributed by atoms with Crippen molar-refractivity contribution < 1.29 is 38.8 Å². The number of hydrogen-bond acceptors (Lipinski definition) is 7. The zero-order chi connectivity index (χ0) is 36.8. The second-order valence-corrected chi connectivity index (χ2v) is 14.3. The van der Waals surface area contributed by atoms with E-state index in [0.29, 0.717) is 0 Å². The molecule has 296 valence electrons. The third-order valence-corrected chi connectivity index (χ3v) is 9.40.